The molecule has 1 fully saturated rings. The minimum atomic E-state index is -0.347. The first-order valence-electron chi connectivity index (χ1n) is 6.15. The maximum atomic E-state index is 10.7. The van der Waals surface area contributed by atoms with Crippen molar-refractivity contribution in [2.75, 3.05) is 11.5 Å². The van der Waals surface area contributed by atoms with Crippen molar-refractivity contribution in [3.8, 4) is 0 Å². The van der Waals surface area contributed by atoms with Gasteiger partial charge in [0, 0.05) is 26.7 Å². The van der Waals surface area contributed by atoms with E-state index in [1.165, 1.54) is 15.8 Å². The second-order valence-electron chi connectivity index (χ2n) is 4.54. The van der Waals surface area contributed by atoms with Crippen LogP contribution in [0.3, 0.4) is 0 Å². The van der Waals surface area contributed by atoms with Crippen LogP contribution < -0.4 is 0 Å². The lowest BCUT2D eigenvalue weighted by atomic mass is 10.0. The molecule has 1 N–H and O–H groups in total. The Morgan fingerprint density at radius 3 is 2.89 bits per heavy atom. The van der Waals surface area contributed by atoms with Crippen molar-refractivity contribution in [1.29, 1.82) is 0 Å². The molecule has 3 unspecified atom stereocenters. The zero-order valence-corrected chi connectivity index (χ0v) is 12.7. The maximum absolute atomic E-state index is 10.7. The van der Waals surface area contributed by atoms with Crippen LogP contribution in [0.4, 0.5) is 0 Å². The molecule has 2 heterocycles. The third kappa shape index (κ3) is 2.31. The molecule has 18 heavy (non-hydrogen) atoms. The highest BCUT2D eigenvalue weighted by atomic mass is 32.2. The molecule has 1 aliphatic heterocycles. The minimum absolute atomic E-state index is 0.316. The molecule has 1 aromatic heterocycles. The first-order chi connectivity index (χ1) is 8.77. The Hall–Kier alpha value is -0.160. The zero-order chi connectivity index (χ0) is 12.5. The number of benzene rings is 1. The Bertz CT molecular complexity index is 537. The predicted octanol–water partition coefficient (Wildman–Crippen LogP) is 4.17. The standard InChI is InChI=1S/C14H16OS3/c1-9-13(18-8-7-16-9)12(15)11-4-2-3-10-5-6-17-14(10)11/h2-6,9,12-13,15H,7-8H2,1H3. The average molecular weight is 296 g/mol. The summed E-state index contributed by atoms with van der Waals surface area (Å²) in [5.74, 6) is 2.36. The number of aliphatic hydroxyl groups is 1. The smallest absolute Gasteiger partial charge is 0.0933 e. The Balaban J connectivity index is 1.95. The van der Waals surface area contributed by atoms with Gasteiger partial charge >= 0.3 is 0 Å². The summed E-state index contributed by atoms with van der Waals surface area (Å²) in [6.07, 6.45) is -0.347. The van der Waals surface area contributed by atoms with Crippen LogP contribution in [0.25, 0.3) is 10.1 Å². The van der Waals surface area contributed by atoms with E-state index in [0.29, 0.717) is 10.5 Å². The largest absolute Gasteiger partial charge is 0.387 e. The highest BCUT2D eigenvalue weighted by Gasteiger charge is 2.31. The van der Waals surface area contributed by atoms with Gasteiger partial charge in [0.15, 0.2) is 0 Å². The summed E-state index contributed by atoms with van der Waals surface area (Å²) >= 11 is 5.63. The van der Waals surface area contributed by atoms with Crippen molar-refractivity contribution in [3.05, 3.63) is 35.2 Å². The molecule has 0 amide bonds. The molecule has 0 spiro atoms. The number of thiophene rings is 1. The fourth-order valence-corrected chi connectivity index (χ4v) is 6.19. The molecular weight excluding hydrogens is 280 g/mol. The molecule has 1 aromatic carbocycles. The van der Waals surface area contributed by atoms with Crippen LogP contribution in [0.15, 0.2) is 29.6 Å². The summed E-state index contributed by atoms with van der Waals surface area (Å²) in [4.78, 5) is 0. The van der Waals surface area contributed by atoms with Gasteiger partial charge in [-0.25, -0.2) is 0 Å². The van der Waals surface area contributed by atoms with Crippen LogP contribution in [0, 0.1) is 0 Å². The van der Waals surface area contributed by atoms with Gasteiger partial charge in [0.05, 0.1) is 6.10 Å². The van der Waals surface area contributed by atoms with Crippen molar-refractivity contribution < 1.29 is 5.11 Å². The van der Waals surface area contributed by atoms with Gasteiger partial charge in [-0.15, -0.1) is 11.3 Å². The Kier molecular flexibility index (Phi) is 3.89. The first kappa shape index (κ1) is 12.9. The van der Waals surface area contributed by atoms with Gasteiger partial charge in [-0.1, -0.05) is 25.1 Å². The lowest BCUT2D eigenvalue weighted by Crippen LogP contribution is -2.29. The van der Waals surface area contributed by atoms with Crippen LogP contribution >= 0.6 is 34.9 Å². The average Bonchev–Trinajstić information content (AvgIpc) is 2.86. The van der Waals surface area contributed by atoms with E-state index in [4.69, 9.17) is 0 Å². The minimum Gasteiger partial charge on any atom is -0.387 e. The second-order valence-corrected chi connectivity index (χ2v) is 8.23. The summed E-state index contributed by atoms with van der Waals surface area (Å²) in [7, 11) is 0. The van der Waals surface area contributed by atoms with E-state index in [1.807, 2.05) is 23.5 Å². The van der Waals surface area contributed by atoms with Gasteiger partial charge in [-0.2, -0.15) is 23.5 Å². The van der Waals surface area contributed by atoms with Crippen LogP contribution in [-0.4, -0.2) is 27.1 Å². The zero-order valence-electron chi connectivity index (χ0n) is 10.2. The van der Waals surface area contributed by atoms with E-state index < -0.39 is 0 Å². The van der Waals surface area contributed by atoms with Gasteiger partial charge in [-0.05, 0) is 22.4 Å². The van der Waals surface area contributed by atoms with Crippen molar-refractivity contribution in [2.45, 2.75) is 23.5 Å². The maximum Gasteiger partial charge on any atom is 0.0933 e. The van der Waals surface area contributed by atoms with Crippen molar-refractivity contribution in [3.63, 3.8) is 0 Å². The normalized spacial score (nSPS) is 26.3. The Labute approximate surface area is 120 Å². The molecule has 0 saturated carbocycles. The first-order valence-corrected chi connectivity index (χ1v) is 9.12. The third-order valence-electron chi connectivity index (χ3n) is 3.38. The van der Waals surface area contributed by atoms with Gasteiger partial charge in [0.1, 0.15) is 0 Å². The number of rotatable bonds is 2. The quantitative estimate of drug-likeness (QED) is 0.898. The number of thioether (sulfide) groups is 2. The fraction of sp³-hybridized carbons (Fsp3) is 0.429. The summed E-state index contributed by atoms with van der Waals surface area (Å²) < 4.78 is 1.24. The van der Waals surface area contributed by atoms with Crippen molar-refractivity contribution in [2.24, 2.45) is 0 Å². The molecular formula is C14H16OS3. The second kappa shape index (κ2) is 5.45. The van der Waals surface area contributed by atoms with Crippen LogP contribution in [0.2, 0.25) is 0 Å². The molecule has 1 aliphatic rings. The van der Waals surface area contributed by atoms with Gasteiger partial charge in [0.2, 0.25) is 0 Å². The van der Waals surface area contributed by atoms with Gasteiger partial charge < -0.3 is 5.11 Å². The molecule has 96 valence electrons. The Morgan fingerprint density at radius 1 is 1.22 bits per heavy atom. The van der Waals surface area contributed by atoms with Crippen LogP contribution in [-0.2, 0) is 0 Å². The summed E-state index contributed by atoms with van der Waals surface area (Å²) in [5.41, 5.74) is 1.11. The molecule has 3 rings (SSSR count). The highest BCUT2D eigenvalue weighted by molar-refractivity contribution is 8.07. The number of hydrogen-bond acceptors (Lipinski definition) is 4. The lowest BCUT2D eigenvalue weighted by molar-refractivity contribution is 0.176. The van der Waals surface area contributed by atoms with Crippen LogP contribution in [0.5, 0.6) is 0 Å². The topological polar surface area (TPSA) is 20.2 Å². The molecule has 1 nitrogen and oxygen atoms in total. The van der Waals surface area contributed by atoms with Crippen molar-refractivity contribution >= 4 is 44.9 Å². The summed E-state index contributed by atoms with van der Waals surface area (Å²) in [6.45, 7) is 2.24. The molecule has 1 saturated heterocycles. The van der Waals surface area contributed by atoms with Gasteiger partial charge in [0.25, 0.3) is 0 Å². The molecule has 2 aromatic rings. The van der Waals surface area contributed by atoms with E-state index >= 15 is 0 Å². The van der Waals surface area contributed by atoms with Crippen LogP contribution in [0.1, 0.15) is 18.6 Å². The highest BCUT2D eigenvalue weighted by Crippen LogP contribution is 2.41. The number of fused-ring (bicyclic) bond motifs is 1. The summed E-state index contributed by atoms with van der Waals surface area (Å²) in [5, 5.41) is 14.9. The molecule has 4 heteroatoms. The monoisotopic (exact) mass is 296 g/mol. The third-order valence-corrected chi connectivity index (χ3v) is 7.54. The van der Waals surface area contributed by atoms with E-state index in [0.717, 1.165) is 11.3 Å². The molecule has 3 atom stereocenters. The number of hydrogen-bond donors (Lipinski definition) is 1. The van der Waals surface area contributed by atoms with E-state index in [2.05, 4.69) is 36.6 Å². The molecule has 0 bridgehead atoms. The molecule has 0 radical (unpaired) electrons. The lowest BCUT2D eigenvalue weighted by Gasteiger charge is -2.32. The fourth-order valence-electron chi connectivity index (χ4n) is 2.42. The van der Waals surface area contributed by atoms with E-state index in [-0.39, 0.29) is 6.10 Å². The van der Waals surface area contributed by atoms with E-state index in [9.17, 15) is 5.11 Å². The van der Waals surface area contributed by atoms with Gasteiger partial charge in [-0.3, -0.25) is 0 Å². The molecule has 0 aliphatic carbocycles. The summed E-state index contributed by atoms with van der Waals surface area (Å²) in [6, 6.07) is 8.38. The van der Waals surface area contributed by atoms with E-state index in [1.54, 1.807) is 11.3 Å². The predicted molar refractivity (Wildman–Crippen MR) is 85.0 cm³/mol. The Morgan fingerprint density at radius 2 is 2.06 bits per heavy atom. The van der Waals surface area contributed by atoms with Crippen molar-refractivity contribution in [1.82, 2.24) is 0 Å². The number of aliphatic hydroxyl groups excluding tert-OH is 1. The SMILES string of the molecule is CC1SCCSC1C(O)c1cccc2ccsc12.